The lowest BCUT2D eigenvalue weighted by Crippen LogP contribution is -2.24. The van der Waals surface area contributed by atoms with Crippen molar-refractivity contribution < 1.29 is 9.32 Å². The fourth-order valence-electron chi connectivity index (χ4n) is 1.80. The molecular formula is C14H18ClN3O2. The van der Waals surface area contributed by atoms with Crippen LogP contribution in [0.25, 0.3) is 11.5 Å². The first kappa shape index (κ1) is 16.3. The summed E-state index contributed by atoms with van der Waals surface area (Å²) in [5.74, 6) is 1.01. The van der Waals surface area contributed by atoms with E-state index in [0.29, 0.717) is 29.3 Å². The zero-order valence-corrected chi connectivity index (χ0v) is 12.5. The summed E-state index contributed by atoms with van der Waals surface area (Å²) in [5.41, 5.74) is 1.28. The molecule has 20 heavy (non-hydrogen) atoms. The van der Waals surface area contributed by atoms with E-state index in [1.165, 1.54) is 6.92 Å². The third-order valence-electron chi connectivity index (χ3n) is 2.99. The summed E-state index contributed by atoms with van der Waals surface area (Å²) in [4.78, 5) is 15.9. The van der Waals surface area contributed by atoms with Crippen molar-refractivity contribution in [2.75, 3.05) is 7.05 Å². The second kappa shape index (κ2) is 7.17. The van der Waals surface area contributed by atoms with Crippen molar-refractivity contribution in [2.45, 2.75) is 26.3 Å². The predicted molar refractivity (Wildman–Crippen MR) is 79.2 cm³/mol. The minimum atomic E-state index is -0.0149. The Hall–Kier alpha value is -1.72. The Morgan fingerprint density at radius 2 is 2.10 bits per heavy atom. The van der Waals surface area contributed by atoms with E-state index < -0.39 is 0 Å². The Morgan fingerprint density at radius 1 is 1.40 bits per heavy atom. The van der Waals surface area contributed by atoms with Crippen LogP contribution >= 0.6 is 12.4 Å². The number of likely N-dealkylation sites (N-methyl/N-ethyl adjacent to an activating group) is 1. The zero-order chi connectivity index (χ0) is 13.8. The van der Waals surface area contributed by atoms with Gasteiger partial charge in [-0.3, -0.25) is 4.79 Å². The average Bonchev–Trinajstić information content (AvgIpc) is 2.86. The quantitative estimate of drug-likeness (QED) is 0.859. The molecule has 0 aliphatic heterocycles. The molecule has 0 aliphatic rings. The van der Waals surface area contributed by atoms with E-state index in [0.717, 1.165) is 0 Å². The number of nitrogens with one attached hydrogen (secondary N) is 1. The Balaban J connectivity index is 0.00000200. The fraction of sp³-hybridized carbons (Fsp3) is 0.357. The molecule has 1 aromatic carbocycles. The van der Waals surface area contributed by atoms with E-state index in [1.54, 1.807) is 6.07 Å². The first-order valence-corrected chi connectivity index (χ1v) is 6.22. The summed E-state index contributed by atoms with van der Waals surface area (Å²) < 4.78 is 5.25. The van der Waals surface area contributed by atoms with E-state index in [1.807, 2.05) is 32.2 Å². The molecule has 1 heterocycles. The van der Waals surface area contributed by atoms with Crippen LogP contribution in [0.3, 0.4) is 0 Å². The second-order valence-corrected chi connectivity index (χ2v) is 4.51. The van der Waals surface area contributed by atoms with Crippen LogP contribution in [0.2, 0.25) is 0 Å². The molecule has 0 radical (unpaired) electrons. The van der Waals surface area contributed by atoms with Crippen molar-refractivity contribution in [3.63, 3.8) is 0 Å². The molecule has 6 heteroatoms. The highest BCUT2D eigenvalue weighted by atomic mass is 35.5. The summed E-state index contributed by atoms with van der Waals surface area (Å²) in [6.45, 7) is 3.57. The number of nitrogens with zero attached hydrogens (tertiary/aromatic N) is 2. The van der Waals surface area contributed by atoms with Gasteiger partial charge in [0.2, 0.25) is 0 Å². The van der Waals surface area contributed by atoms with Gasteiger partial charge in [-0.1, -0.05) is 23.4 Å². The number of aromatic nitrogens is 2. The first-order chi connectivity index (χ1) is 9.11. The molecule has 1 unspecified atom stereocenters. The smallest absolute Gasteiger partial charge is 0.258 e. The van der Waals surface area contributed by atoms with Crippen LogP contribution in [0, 0.1) is 0 Å². The van der Waals surface area contributed by atoms with Crippen LogP contribution in [0.15, 0.2) is 28.8 Å². The highest BCUT2D eigenvalue weighted by Crippen LogP contribution is 2.22. The topological polar surface area (TPSA) is 68.0 Å². The summed E-state index contributed by atoms with van der Waals surface area (Å²) in [6, 6.07) is 7.52. The van der Waals surface area contributed by atoms with Gasteiger partial charge in [0.15, 0.2) is 11.6 Å². The van der Waals surface area contributed by atoms with Gasteiger partial charge in [-0.05, 0) is 27.0 Å². The highest BCUT2D eigenvalue weighted by Gasteiger charge is 2.15. The third-order valence-corrected chi connectivity index (χ3v) is 2.99. The number of ketones is 1. The van der Waals surface area contributed by atoms with Gasteiger partial charge in [-0.15, -0.1) is 12.4 Å². The number of carbonyl (C=O) groups excluding carboxylic acids is 1. The fourth-order valence-corrected chi connectivity index (χ4v) is 1.80. The lowest BCUT2D eigenvalue weighted by Gasteiger charge is -2.04. The van der Waals surface area contributed by atoms with Crippen LogP contribution in [0.5, 0.6) is 0 Å². The number of rotatable bonds is 5. The van der Waals surface area contributed by atoms with Crippen LogP contribution < -0.4 is 5.32 Å². The molecule has 0 amide bonds. The Morgan fingerprint density at radius 3 is 2.75 bits per heavy atom. The largest absolute Gasteiger partial charge is 0.334 e. The monoisotopic (exact) mass is 295 g/mol. The number of hydrogen-bond donors (Lipinski definition) is 1. The molecule has 0 bridgehead atoms. The Labute approximate surface area is 124 Å². The number of carbonyl (C=O) groups is 1. The zero-order valence-electron chi connectivity index (χ0n) is 11.7. The Kier molecular flexibility index (Phi) is 5.85. The van der Waals surface area contributed by atoms with Gasteiger partial charge in [-0.25, -0.2) is 0 Å². The second-order valence-electron chi connectivity index (χ2n) is 4.51. The van der Waals surface area contributed by atoms with Gasteiger partial charge in [0.25, 0.3) is 5.89 Å². The van der Waals surface area contributed by atoms with E-state index >= 15 is 0 Å². The summed E-state index contributed by atoms with van der Waals surface area (Å²) in [7, 11) is 1.89. The number of halogens is 1. The lowest BCUT2D eigenvalue weighted by atomic mass is 10.0. The molecule has 108 valence electrons. The highest BCUT2D eigenvalue weighted by molar-refractivity contribution is 5.99. The summed E-state index contributed by atoms with van der Waals surface area (Å²) in [5, 5.41) is 7.06. The molecule has 1 aromatic heterocycles. The third kappa shape index (κ3) is 3.65. The van der Waals surface area contributed by atoms with Crippen molar-refractivity contribution in [1.29, 1.82) is 0 Å². The standard InChI is InChI=1S/C14H17N3O2.ClH/c1-9(15-3)8-13-16-14(19-17-13)12-7-5-4-6-11(12)10(2)18;/h4-7,9,15H,8H2,1-3H3;1H. The number of Topliss-reactive ketones (excluding diaryl/α,β-unsaturated/α-hetero) is 1. The first-order valence-electron chi connectivity index (χ1n) is 6.22. The normalized spacial score (nSPS) is 11.8. The van der Waals surface area contributed by atoms with E-state index in [2.05, 4.69) is 15.5 Å². The number of hydrogen-bond acceptors (Lipinski definition) is 5. The maximum atomic E-state index is 11.6. The SMILES string of the molecule is CNC(C)Cc1noc(-c2ccccc2C(C)=O)n1.Cl. The molecule has 1 N–H and O–H groups in total. The van der Waals surface area contributed by atoms with Crippen molar-refractivity contribution in [1.82, 2.24) is 15.5 Å². The van der Waals surface area contributed by atoms with Crippen molar-refractivity contribution in [3.05, 3.63) is 35.7 Å². The van der Waals surface area contributed by atoms with Crippen molar-refractivity contribution in [3.8, 4) is 11.5 Å². The van der Waals surface area contributed by atoms with Gasteiger partial charge in [-0.2, -0.15) is 4.98 Å². The molecule has 0 saturated carbocycles. The van der Waals surface area contributed by atoms with Gasteiger partial charge in [0.1, 0.15) is 0 Å². The molecule has 1 atom stereocenters. The minimum Gasteiger partial charge on any atom is -0.334 e. The lowest BCUT2D eigenvalue weighted by molar-refractivity contribution is 0.101. The van der Waals surface area contributed by atoms with E-state index in [4.69, 9.17) is 4.52 Å². The summed E-state index contributed by atoms with van der Waals surface area (Å²) in [6.07, 6.45) is 0.683. The van der Waals surface area contributed by atoms with Gasteiger partial charge < -0.3 is 9.84 Å². The van der Waals surface area contributed by atoms with E-state index in [9.17, 15) is 4.79 Å². The molecule has 0 saturated heterocycles. The molecule has 0 aliphatic carbocycles. The van der Waals surface area contributed by atoms with Crippen LogP contribution in [-0.2, 0) is 6.42 Å². The summed E-state index contributed by atoms with van der Waals surface area (Å²) >= 11 is 0. The maximum absolute atomic E-state index is 11.6. The maximum Gasteiger partial charge on any atom is 0.258 e. The minimum absolute atomic E-state index is 0. The molecule has 2 aromatic rings. The van der Waals surface area contributed by atoms with Crippen molar-refractivity contribution >= 4 is 18.2 Å². The Bertz CT molecular complexity index is 583. The molecule has 0 fully saturated rings. The molecule has 0 spiro atoms. The van der Waals surface area contributed by atoms with E-state index in [-0.39, 0.29) is 24.2 Å². The molecule has 2 rings (SSSR count). The van der Waals surface area contributed by atoms with Gasteiger partial charge in [0.05, 0.1) is 5.56 Å². The van der Waals surface area contributed by atoms with Gasteiger partial charge >= 0.3 is 0 Å². The van der Waals surface area contributed by atoms with Gasteiger partial charge in [0, 0.05) is 18.0 Å². The molecule has 5 nitrogen and oxygen atoms in total. The predicted octanol–water partition coefficient (Wildman–Crippen LogP) is 2.51. The van der Waals surface area contributed by atoms with Crippen LogP contribution in [-0.4, -0.2) is 29.0 Å². The van der Waals surface area contributed by atoms with Crippen LogP contribution in [0.4, 0.5) is 0 Å². The van der Waals surface area contributed by atoms with Crippen molar-refractivity contribution in [2.24, 2.45) is 0 Å². The number of benzene rings is 1. The average molecular weight is 296 g/mol. The molecular weight excluding hydrogens is 278 g/mol. The van der Waals surface area contributed by atoms with Crippen LogP contribution in [0.1, 0.15) is 30.0 Å².